The summed E-state index contributed by atoms with van der Waals surface area (Å²) in [6.07, 6.45) is 0. The van der Waals surface area contributed by atoms with E-state index in [-0.39, 0.29) is 0 Å². The molecule has 0 bridgehead atoms. The summed E-state index contributed by atoms with van der Waals surface area (Å²) in [6.45, 7) is 5.99. The number of hydrogen-bond acceptors (Lipinski definition) is 3. The molecule has 0 aliphatic carbocycles. The van der Waals surface area contributed by atoms with Gasteiger partial charge in [0.1, 0.15) is 5.75 Å². The first-order valence-corrected chi connectivity index (χ1v) is 6.56. The van der Waals surface area contributed by atoms with Crippen LogP contribution in [0.1, 0.15) is 18.2 Å². The molecule has 1 heterocycles. The maximum absolute atomic E-state index is 5.25. The van der Waals surface area contributed by atoms with Gasteiger partial charge in [-0.15, -0.1) is 0 Å². The number of benzene rings is 1. The van der Waals surface area contributed by atoms with Gasteiger partial charge < -0.3 is 10.1 Å². The van der Waals surface area contributed by atoms with Gasteiger partial charge in [0.2, 0.25) is 0 Å². The topological polar surface area (TPSA) is 34.1 Å². The minimum absolute atomic E-state index is 0.855. The van der Waals surface area contributed by atoms with Crippen LogP contribution in [0.4, 0.5) is 0 Å². The van der Waals surface area contributed by atoms with Crippen molar-refractivity contribution in [1.82, 2.24) is 10.3 Å². The van der Waals surface area contributed by atoms with E-state index in [1.54, 1.807) is 7.11 Å². The summed E-state index contributed by atoms with van der Waals surface area (Å²) in [7, 11) is 1.68. The molecule has 0 spiro atoms. The Labute approximate surface area is 114 Å². The predicted octanol–water partition coefficient (Wildman–Crippen LogP) is 3.18. The van der Waals surface area contributed by atoms with Gasteiger partial charge in [0.25, 0.3) is 0 Å². The number of nitrogens with zero attached hydrogens (tertiary/aromatic N) is 1. The van der Waals surface area contributed by atoms with Gasteiger partial charge in [-0.05, 0) is 37.2 Å². The lowest BCUT2D eigenvalue weighted by Gasteiger charge is -2.09. The SMILES string of the molecule is CCNCc1ccc(-c2cccc(OC)c2)nc1C. The highest BCUT2D eigenvalue weighted by atomic mass is 16.5. The van der Waals surface area contributed by atoms with E-state index >= 15 is 0 Å². The van der Waals surface area contributed by atoms with Gasteiger partial charge in [-0.1, -0.05) is 25.1 Å². The van der Waals surface area contributed by atoms with Crippen LogP contribution in [0.5, 0.6) is 5.75 Å². The number of methoxy groups -OCH3 is 1. The number of pyridine rings is 1. The number of ether oxygens (including phenoxy) is 1. The summed E-state index contributed by atoms with van der Waals surface area (Å²) in [5.74, 6) is 0.855. The Balaban J connectivity index is 2.27. The first-order valence-electron chi connectivity index (χ1n) is 6.56. The van der Waals surface area contributed by atoms with E-state index in [1.807, 2.05) is 24.3 Å². The molecule has 0 aliphatic rings. The summed E-state index contributed by atoms with van der Waals surface area (Å²) < 4.78 is 5.25. The van der Waals surface area contributed by atoms with Gasteiger partial charge in [0.15, 0.2) is 0 Å². The van der Waals surface area contributed by atoms with Crippen LogP contribution in [0.2, 0.25) is 0 Å². The van der Waals surface area contributed by atoms with Crippen molar-refractivity contribution in [1.29, 1.82) is 0 Å². The maximum Gasteiger partial charge on any atom is 0.119 e. The highest BCUT2D eigenvalue weighted by Gasteiger charge is 2.04. The lowest BCUT2D eigenvalue weighted by Crippen LogP contribution is -2.13. The molecule has 0 aliphatic heterocycles. The third-order valence-electron chi connectivity index (χ3n) is 3.13. The Bertz CT molecular complexity index is 552. The normalized spacial score (nSPS) is 10.5. The average molecular weight is 256 g/mol. The predicted molar refractivity (Wildman–Crippen MR) is 78.3 cm³/mol. The van der Waals surface area contributed by atoms with Crippen molar-refractivity contribution in [2.24, 2.45) is 0 Å². The fourth-order valence-electron chi connectivity index (χ4n) is 1.98. The summed E-state index contributed by atoms with van der Waals surface area (Å²) in [6, 6.07) is 12.2. The first kappa shape index (κ1) is 13.6. The van der Waals surface area contributed by atoms with Crippen molar-refractivity contribution >= 4 is 0 Å². The second-order valence-electron chi connectivity index (χ2n) is 4.45. The molecule has 0 radical (unpaired) electrons. The van der Waals surface area contributed by atoms with E-state index in [0.29, 0.717) is 0 Å². The van der Waals surface area contributed by atoms with Crippen molar-refractivity contribution < 1.29 is 4.74 Å². The molecule has 0 saturated heterocycles. The second-order valence-corrected chi connectivity index (χ2v) is 4.45. The molecule has 19 heavy (non-hydrogen) atoms. The number of nitrogens with one attached hydrogen (secondary N) is 1. The van der Waals surface area contributed by atoms with Gasteiger partial charge in [0.05, 0.1) is 12.8 Å². The molecule has 3 heteroatoms. The van der Waals surface area contributed by atoms with Crippen LogP contribution in [0.15, 0.2) is 36.4 Å². The molecular formula is C16H20N2O. The van der Waals surface area contributed by atoms with Crippen LogP contribution in [0.25, 0.3) is 11.3 Å². The van der Waals surface area contributed by atoms with E-state index in [4.69, 9.17) is 4.74 Å². The van der Waals surface area contributed by atoms with Crippen LogP contribution in [-0.4, -0.2) is 18.6 Å². The Morgan fingerprint density at radius 3 is 2.74 bits per heavy atom. The van der Waals surface area contributed by atoms with Gasteiger partial charge in [-0.3, -0.25) is 4.98 Å². The highest BCUT2D eigenvalue weighted by molar-refractivity contribution is 5.61. The van der Waals surface area contributed by atoms with Gasteiger partial charge in [-0.2, -0.15) is 0 Å². The fraction of sp³-hybridized carbons (Fsp3) is 0.312. The van der Waals surface area contributed by atoms with Crippen LogP contribution in [0.3, 0.4) is 0 Å². The molecule has 2 aromatic rings. The molecule has 100 valence electrons. The Kier molecular flexibility index (Phi) is 4.53. The second kappa shape index (κ2) is 6.34. The Morgan fingerprint density at radius 1 is 1.21 bits per heavy atom. The number of rotatable bonds is 5. The van der Waals surface area contributed by atoms with Crippen LogP contribution >= 0.6 is 0 Å². The number of aryl methyl sites for hydroxylation is 1. The maximum atomic E-state index is 5.25. The summed E-state index contributed by atoms with van der Waals surface area (Å²) in [5, 5.41) is 3.32. The quantitative estimate of drug-likeness (QED) is 0.892. The average Bonchev–Trinajstić information content (AvgIpc) is 2.46. The summed E-state index contributed by atoms with van der Waals surface area (Å²) in [4.78, 5) is 4.68. The molecule has 1 N–H and O–H groups in total. The summed E-state index contributed by atoms with van der Waals surface area (Å²) >= 11 is 0. The molecule has 1 aromatic heterocycles. The van der Waals surface area contributed by atoms with E-state index in [0.717, 1.165) is 35.8 Å². The minimum atomic E-state index is 0.855. The third-order valence-corrected chi connectivity index (χ3v) is 3.13. The molecule has 1 aromatic carbocycles. The van der Waals surface area contributed by atoms with Crippen molar-refractivity contribution in [3.05, 3.63) is 47.7 Å². The van der Waals surface area contributed by atoms with E-state index < -0.39 is 0 Å². The van der Waals surface area contributed by atoms with E-state index in [1.165, 1.54) is 5.56 Å². The van der Waals surface area contributed by atoms with Crippen LogP contribution in [-0.2, 0) is 6.54 Å². The third kappa shape index (κ3) is 3.32. The van der Waals surface area contributed by atoms with E-state index in [2.05, 4.69) is 36.3 Å². The molecular weight excluding hydrogens is 236 g/mol. The van der Waals surface area contributed by atoms with Crippen molar-refractivity contribution in [3.63, 3.8) is 0 Å². The molecule has 2 rings (SSSR count). The Morgan fingerprint density at radius 2 is 2.05 bits per heavy atom. The molecule has 0 fully saturated rings. The zero-order valence-electron chi connectivity index (χ0n) is 11.7. The lowest BCUT2D eigenvalue weighted by atomic mass is 10.1. The van der Waals surface area contributed by atoms with Crippen LogP contribution in [0, 0.1) is 6.92 Å². The lowest BCUT2D eigenvalue weighted by molar-refractivity contribution is 0.415. The highest BCUT2D eigenvalue weighted by Crippen LogP contribution is 2.23. The molecule has 3 nitrogen and oxygen atoms in total. The van der Waals surface area contributed by atoms with E-state index in [9.17, 15) is 0 Å². The first-order chi connectivity index (χ1) is 9.24. The molecule has 0 unspecified atom stereocenters. The van der Waals surface area contributed by atoms with Gasteiger partial charge >= 0.3 is 0 Å². The summed E-state index contributed by atoms with van der Waals surface area (Å²) in [5.41, 5.74) is 4.38. The smallest absolute Gasteiger partial charge is 0.119 e. The molecule has 0 amide bonds. The van der Waals surface area contributed by atoms with Crippen molar-refractivity contribution in [2.75, 3.05) is 13.7 Å². The monoisotopic (exact) mass is 256 g/mol. The van der Waals surface area contributed by atoms with Crippen LogP contribution < -0.4 is 10.1 Å². The minimum Gasteiger partial charge on any atom is -0.497 e. The zero-order chi connectivity index (χ0) is 13.7. The van der Waals surface area contributed by atoms with Gasteiger partial charge in [0, 0.05) is 17.8 Å². The Hall–Kier alpha value is -1.87. The number of hydrogen-bond donors (Lipinski definition) is 1. The standard InChI is InChI=1S/C16H20N2O/c1-4-17-11-14-8-9-16(18-12(14)2)13-6-5-7-15(10-13)19-3/h5-10,17H,4,11H2,1-3H3. The van der Waals surface area contributed by atoms with Gasteiger partial charge in [-0.25, -0.2) is 0 Å². The molecule has 0 saturated carbocycles. The van der Waals surface area contributed by atoms with Crippen molar-refractivity contribution in [3.8, 4) is 17.0 Å². The zero-order valence-corrected chi connectivity index (χ0v) is 11.7. The number of aromatic nitrogens is 1. The fourth-order valence-corrected chi connectivity index (χ4v) is 1.98. The molecule has 0 atom stereocenters. The largest absolute Gasteiger partial charge is 0.497 e. The van der Waals surface area contributed by atoms with Crippen molar-refractivity contribution in [2.45, 2.75) is 20.4 Å².